The Morgan fingerprint density at radius 3 is 2.38 bits per heavy atom. The van der Waals surface area contributed by atoms with Gasteiger partial charge in [-0.2, -0.15) is 0 Å². The van der Waals surface area contributed by atoms with Crippen LogP contribution in [-0.4, -0.2) is 11.7 Å². The second kappa shape index (κ2) is 7.26. The lowest BCUT2D eigenvalue weighted by Gasteiger charge is -2.43. The van der Waals surface area contributed by atoms with Crippen molar-refractivity contribution in [3.05, 3.63) is 75.2 Å². The maximum Gasteiger partial charge on any atom is 0.232 e. The first kappa shape index (κ1) is 20.1. The van der Waals surface area contributed by atoms with Gasteiger partial charge in [0, 0.05) is 45.8 Å². The van der Waals surface area contributed by atoms with E-state index >= 15 is 0 Å². The molecule has 2 aliphatic rings. The number of anilines is 1. The maximum atomic E-state index is 13.4. The Kier molecular flexibility index (Phi) is 5.04. The summed E-state index contributed by atoms with van der Waals surface area (Å²) in [5.74, 6) is -0.912. The van der Waals surface area contributed by atoms with Gasteiger partial charge in [0.2, 0.25) is 5.91 Å². The van der Waals surface area contributed by atoms with Gasteiger partial charge in [0.15, 0.2) is 5.78 Å². The summed E-state index contributed by atoms with van der Waals surface area (Å²) in [4.78, 5) is 28.0. The Bertz CT molecular complexity index is 1040. The van der Waals surface area contributed by atoms with Gasteiger partial charge in [-0.1, -0.05) is 43.1 Å². The van der Waals surface area contributed by atoms with Crippen molar-refractivity contribution in [2.45, 2.75) is 39.0 Å². The zero-order valence-electron chi connectivity index (χ0n) is 16.1. The van der Waals surface area contributed by atoms with E-state index in [4.69, 9.17) is 23.2 Å². The van der Waals surface area contributed by atoms with Gasteiger partial charge >= 0.3 is 0 Å². The molecule has 0 fully saturated rings. The molecule has 1 heterocycles. The highest BCUT2D eigenvalue weighted by atomic mass is 35.5. The topological polar surface area (TPSA) is 37.4 Å². The summed E-state index contributed by atoms with van der Waals surface area (Å²) in [6, 6.07) is 10.9. The van der Waals surface area contributed by atoms with E-state index in [0.29, 0.717) is 39.8 Å². The van der Waals surface area contributed by atoms with Crippen molar-refractivity contribution in [1.82, 2.24) is 0 Å². The second-order valence-corrected chi connectivity index (χ2v) is 9.27. The molecule has 3 nitrogen and oxygen atoms in total. The summed E-state index contributed by atoms with van der Waals surface area (Å²) in [7, 11) is 0. The first-order valence-electron chi connectivity index (χ1n) is 9.46. The van der Waals surface area contributed by atoms with Crippen LogP contribution in [0.4, 0.5) is 10.1 Å². The number of carbonyl (C=O) groups is 2. The number of Topliss-reactive ketones (excluding diaryl/α,β-unsaturated/α-hetero) is 1. The fourth-order valence-electron chi connectivity index (χ4n) is 4.35. The van der Waals surface area contributed by atoms with Crippen LogP contribution in [0.2, 0.25) is 10.0 Å². The number of hydrogen-bond acceptors (Lipinski definition) is 2. The third kappa shape index (κ3) is 3.72. The van der Waals surface area contributed by atoms with Crippen LogP contribution in [-0.2, 0) is 9.59 Å². The molecule has 1 atom stereocenters. The lowest BCUT2D eigenvalue weighted by molar-refractivity contribution is -0.121. The van der Waals surface area contributed by atoms with Gasteiger partial charge in [-0.15, -0.1) is 0 Å². The summed E-state index contributed by atoms with van der Waals surface area (Å²) < 4.78 is 13.4. The van der Waals surface area contributed by atoms with Crippen LogP contribution in [0, 0.1) is 11.2 Å². The molecule has 1 aliphatic carbocycles. The zero-order valence-corrected chi connectivity index (χ0v) is 17.6. The average molecular weight is 432 g/mol. The van der Waals surface area contributed by atoms with Crippen LogP contribution in [0.15, 0.2) is 53.7 Å². The lowest BCUT2D eigenvalue weighted by atomic mass is 9.69. The minimum atomic E-state index is -0.414. The highest BCUT2D eigenvalue weighted by Crippen LogP contribution is 2.49. The molecule has 0 unspecified atom stereocenters. The van der Waals surface area contributed by atoms with Crippen LogP contribution in [0.5, 0.6) is 0 Å². The molecule has 0 saturated carbocycles. The van der Waals surface area contributed by atoms with E-state index in [1.54, 1.807) is 35.2 Å². The van der Waals surface area contributed by atoms with Crippen molar-refractivity contribution in [1.29, 1.82) is 0 Å². The fraction of sp³-hybridized carbons (Fsp3) is 0.304. The molecule has 0 saturated heterocycles. The molecule has 1 aliphatic heterocycles. The molecule has 6 heteroatoms. The highest BCUT2D eigenvalue weighted by molar-refractivity contribution is 6.35. The molecular formula is C23H20Cl2FNO2. The Morgan fingerprint density at radius 1 is 1.03 bits per heavy atom. The van der Waals surface area contributed by atoms with Crippen molar-refractivity contribution in [3.8, 4) is 0 Å². The molecule has 4 rings (SSSR count). The van der Waals surface area contributed by atoms with E-state index in [2.05, 4.69) is 0 Å². The Labute approximate surface area is 179 Å². The second-order valence-electron chi connectivity index (χ2n) is 8.43. The van der Waals surface area contributed by atoms with E-state index in [1.165, 1.54) is 12.1 Å². The number of benzene rings is 2. The van der Waals surface area contributed by atoms with Gasteiger partial charge in [0.1, 0.15) is 5.82 Å². The molecule has 150 valence electrons. The Balaban J connectivity index is 1.91. The molecule has 0 N–H and O–H groups in total. The number of ketones is 1. The molecule has 2 aromatic carbocycles. The number of halogens is 3. The molecule has 0 radical (unpaired) electrons. The van der Waals surface area contributed by atoms with Gasteiger partial charge in [0.25, 0.3) is 0 Å². The van der Waals surface area contributed by atoms with E-state index in [9.17, 15) is 14.0 Å². The number of nitrogens with zero attached hydrogens (tertiary/aromatic N) is 1. The molecule has 1 amide bonds. The maximum absolute atomic E-state index is 13.4. The van der Waals surface area contributed by atoms with Crippen LogP contribution in [0.3, 0.4) is 0 Å². The monoisotopic (exact) mass is 431 g/mol. The number of carbonyl (C=O) groups excluding carboxylic acids is 2. The summed E-state index contributed by atoms with van der Waals surface area (Å²) in [6.07, 6.45) is 1.08. The quantitative estimate of drug-likeness (QED) is 0.559. The number of hydrogen-bond donors (Lipinski definition) is 0. The first-order valence-corrected chi connectivity index (χ1v) is 10.2. The number of rotatable bonds is 2. The Morgan fingerprint density at radius 2 is 1.72 bits per heavy atom. The minimum absolute atomic E-state index is 0.0203. The molecular weight excluding hydrogens is 412 g/mol. The predicted octanol–water partition coefficient (Wildman–Crippen LogP) is 6.30. The summed E-state index contributed by atoms with van der Waals surface area (Å²) in [5, 5.41) is 0.939. The van der Waals surface area contributed by atoms with Crippen LogP contribution in [0.25, 0.3) is 0 Å². The summed E-state index contributed by atoms with van der Waals surface area (Å²) >= 11 is 12.5. The molecule has 0 aromatic heterocycles. The molecule has 29 heavy (non-hydrogen) atoms. The highest BCUT2D eigenvalue weighted by Gasteiger charge is 2.44. The minimum Gasteiger partial charge on any atom is -0.294 e. The van der Waals surface area contributed by atoms with Gasteiger partial charge < -0.3 is 0 Å². The molecule has 0 spiro atoms. The molecule has 0 bridgehead atoms. The SMILES string of the molecule is CC1(C)CC(=O)C2=C(C1)N(c1ccc(F)cc1)C(=O)C[C@@H]2c1ccc(Cl)cc1Cl. The van der Waals surface area contributed by atoms with Gasteiger partial charge in [-0.05, 0) is 53.8 Å². The van der Waals surface area contributed by atoms with E-state index in [-0.39, 0.29) is 29.3 Å². The zero-order chi connectivity index (χ0) is 20.9. The van der Waals surface area contributed by atoms with E-state index < -0.39 is 5.92 Å². The summed E-state index contributed by atoms with van der Waals surface area (Å²) in [6.45, 7) is 4.03. The lowest BCUT2D eigenvalue weighted by Crippen LogP contribution is -2.43. The third-order valence-corrected chi connectivity index (χ3v) is 6.13. The normalized spacial score (nSPS) is 21.4. The van der Waals surface area contributed by atoms with Crippen molar-refractivity contribution in [3.63, 3.8) is 0 Å². The van der Waals surface area contributed by atoms with E-state index in [0.717, 1.165) is 5.56 Å². The van der Waals surface area contributed by atoms with Gasteiger partial charge in [0.05, 0.1) is 0 Å². The van der Waals surface area contributed by atoms with Gasteiger partial charge in [-0.25, -0.2) is 4.39 Å². The van der Waals surface area contributed by atoms with Crippen LogP contribution >= 0.6 is 23.2 Å². The summed E-state index contributed by atoms with van der Waals surface area (Å²) in [5.41, 5.74) is 2.32. The standard InChI is InChI=1S/C23H20Cl2FNO2/c1-23(2)11-19-22(20(28)12-23)17(16-8-3-13(24)9-18(16)25)10-21(29)27(19)15-6-4-14(26)5-7-15/h3-9,17H,10-12H2,1-2H3/t17-/m1/s1. The van der Waals surface area contributed by atoms with Crippen molar-refractivity contribution in [2.24, 2.45) is 5.41 Å². The average Bonchev–Trinajstić information content (AvgIpc) is 2.61. The number of allylic oxidation sites excluding steroid dienone is 2. The van der Waals surface area contributed by atoms with Crippen LogP contribution in [0.1, 0.15) is 44.6 Å². The van der Waals surface area contributed by atoms with Crippen molar-refractivity contribution >= 4 is 40.6 Å². The van der Waals surface area contributed by atoms with Crippen molar-refractivity contribution < 1.29 is 14.0 Å². The predicted molar refractivity (Wildman–Crippen MR) is 113 cm³/mol. The number of amides is 1. The van der Waals surface area contributed by atoms with Gasteiger partial charge in [-0.3, -0.25) is 14.5 Å². The van der Waals surface area contributed by atoms with E-state index in [1.807, 2.05) is 13.8 Å². The Hall–Kier alpha value is -2.17. The fourth-order valence-corrected chi connectivity index (χ4v) is 4.90. The van der Waals surface area contributed by atoms with Crippen molar-refractivity contribution in [2.75, 3.05) is 4.90 Å². The molecule has 2 aromatic rings. The largest absolute Gasteiger partial charge is 0.294 e. The first-order chi connectivity index (χ1) is 13.7. The third-order valence-electron chi connectivity index (χ3n) is 5.57. The van der Waals surface area contributed by atoms with Crippen LogP contribution < -0.4 is 4.90 Å². The smallest absolute Gasteiger partial charge is 0.232 e.